The highest BCUT2D eigenvalue weighted by Crippen LogP contribution is 2.31. The van der Waals surface area contributed by atoms with Crippen molar-refractivity contribution >= 4 is 11.6 Å². The van der Waals surface area contributed by atoms with Crippen LogP contribution in [0.1, 0.15) is 38.2 Å². The Labute approximate surface area is 126 Å². The summed E-state index contributed by atoms with van der Waals surface area (Å²) < 4.78 is 0. The lowest BCUT2D eigenvalue weighted by atomic mass is 10.1. The molecule has 1 atom stereocenters. The van der Waals surface area contributed by atoms with Crippen LogP contribution in [0.4, 0.5) is 5.69 Å². The lowest BCUT2D eigenvalue weighted by molar-refractivity contribution is -0.135. The molecule has 1 saturated carbocycles. The lowest BCUT2D eigenvalue weighted by Crippen LogP contribution is -2.46. The highest BCUT2D eigenvalue weighted by atomic mass is 16.2. The Morgan fingerprint density at radius 1 is 1.33 bits per heavy atom. The smallest absolute Gasteiger partial charge is 0.239 e. The molecule has 114 valence electrons. The Hall–Kier alpha value is -1.55. The third kappa shape index (κ3) is 3.21. The summed E-state index contributed by atoms with van der Waals surface area (Å²) in [6.07, 6.45) is 4.69. The van der Waals surface area contributed by atoms with Crippen molar-refractivity contribution in [3.8, 4) is 0 Å². The zero-order chi connectivity index (χ0) is 14.8. The minimum atomic E-state index is -0.0461. The van der Waals surface area contributed by atoms with Crippen LogP contribution in [0.5, 0.6) is 0 Å². The van der Waals surface area contributed by atoms with Gasteiger partial charge in [-0.3, -0.25) is 9.69 Å². The molecule has 0 radical (unpaired) electrons. The highest BCUT2D eigenvalue weighted by Gasteiger charge is 2.37. The van der Waals surface area contributed by atoms with E-state index in [4.69, 9.17) is 5.73 Å². The van der Waals surface area contributed by atoms with Crippen molar-refractivity contribution in [1.82, 2.24) is 9.80 Å². The van der Waals surface area contributed by atoms with Crippen LogP contribution >= 0.6 is 0 Å². The molecule has 3 rings (SSSR count). The fourth-order valence-electron chi connectivity index (χ4n) is 3.21. The van der Waals surface area contributed by atoms with Crippen LogP contribution in [0.25, 0.3) is 0 Å². The molecular formula is C17H25N3O. The van der Waals surface area contributed by atoms with Crippen molar-refractivity contribution in [1.29, 1.82) is 0 Å². The van der Waals surface area contributed by atoms with E-state index in [-0.39, 0.29) is 11.9 Å². The molecular weight excluding hydrogens is 262 g/mol. The number of anilines is 1. The van der Waals surface area contributed by atoms with E-state index in [1.54, 1.807) is 0 Å². The van der Waals surface area contributed by atoms with Gasteiger partial charge >= 0.3 is 0 Å². The van der Waals surface area contributed by atoms with E-state index < -0.39 is 0 Å². The molecule has 1 unspecified atom stereocenters. The Morgan fingerprint density at radius 3 is 2.62 bits per heavy atom. The number of nitrogen functional groups attached to an aromatic ring is 1. The molecule has 1 aliphatic heterocycles. The van der Waals surface area contributed by atoms with Gasteiger partial charge in [0.1, 0.15) is 0 Å². The number of hydrogen-bond donors (Lipinski definition) is 1. The average Bonchev–Trinajstić information content (AvgIpc) is 3.18. The SMILES string of the molecule is CC(C(=O)N1CCCC1)N(Cc1ccccc1N)C1CC1. The predicted octanol–water partition coefficient (Wildman–Crippen LogP) is 2.24. The van der Waals surface area contributed by atoms with Crippen molar-refractivity contribution in [2.24, 2.45) is 0 Å². The summed E-state index contributed by atoms with van der Waals surface area (Å²) in [5, 5.41) is 0. The zero-order valence-electron chi connectivity index (χ0n) is 12.8. The van der Waals surface area contributed by atoms with Gasteiger partial charge in [-0.15, -0.1) is 0 Å². The van der Waals surface area contributed by atoms with Crippen LogP contribution in [0.15, 0.2) is 24.3 Å². The third-order valence-corrected chi connectivity index (χ3v) is 4.70. The normalized spacial score (nSPS) is 20.0. The first kappa shape index (κ1) is 14.4. The van der Waals surface area contributed by atoms with E-state index in [0.717, 1.165) is 43.7 Å². The second kappa shape index (κ2) is 6.06. The van der Waals surface area contributed by atoms with Gasteiger partial charge in [-0.25, -0.2) is 0 Å². The molecule has 1 heterocycles. The van der Waals surface area contributed by atoms with Gasteiger partial charge in [0, 0.05) is 31.4 Å². The molecule has 4 nitrogen and oxygen atoms in total. The number of carbonyl (C=O) groups excluding carboxylic acids is 1. The number of nitrogens with zero attached hydrogens (tertiary/aromatic N) is 2. The van der Waals surface area contributed by atoms with Crippen molar-refractivity contribution in [2.45, 2.75) is 51.2 Å². The molecule has 2 fully saturated rings. The number of carbonyl (C=O) groups is 1. The summed E-state index contributed by atoms with van der Waals surface area (Å²) in [4.78, 5) is 17.0. The highest BCUT2D eigenvalue weighted by molar-refractivity contribution is 5.81. The quantitative estimate of drug-likeness (QED) is 0.845. The molecule has 1 aliphatic carbocycles. The third-order valence-electron chi connectivity index (χ3n) is 4.70. The van der Waals surface area contributed by atoms with Crippen LogP contribution in [0, 0.1) is 0 Å². The van der Waals surface area contributed by atoms with Gasteiger partial charge in [0.2, 0.25) is 5.91 Å². The number of benzene rings is 1. The molecule has 2 aliphatic rings. The maximum absolute atomic E-state index is 12.6. The largest absolute Gasteiger partial charge is 0.398 e. The summed E-state index contributed by atoms with van der Waals surface area (Å²) in [6.45, 7) is 4.68. The van der Waals surface area contributed by atoms with Crippen molar-refractivity contribution in [2.75, 3.05) is 18.8 Å². The number of amides is 1. The molecule has 1 saturated heterocycles. The Bertz CT molecular complexity index is 507. The van der Waals surface area contributed by atoms with Gasteiger partial charge in [0.05, 0.1) is 6.04 Å². The fourth-order valence-corrected chi connectivity index (χ4v) is 3.21. The van der Waals surface area contributed by atoms with E-state index >= 15 is 0 Å². The van der Waals surface area contributed by atoms with Crippen LogP contribution in [-0.2, 0) is 11.3 Å². The first-order valence-electron chi connectivity index (χ1n) is 8.04. The molecule has 21 heavy (non-hydrogen) atoms. The number of para-hydroxylation sites is 1. The van der Waals surface area contributed by atoms with Gasteiger partial charge in [0.15, 0.2) is 0 Å². The van der Waals surface area contributed by atoms with Crippen molar-refractivity contribution < 1.29 is 4.79 Å². The molecule has 0 spiro atoms. The van der Waals surface area contributed by atoms with E-state index in [1.165, 1.54) is 12.8 Å². The summed E-state index contributed by atoms with van der Waals surface area (Å²) >= 11 is 0. The van der Waals surface area contributed by atoms with E-state index in [0.29, 0.717) is 6.04 Å². The summed E-state index contributed by atoms with van der Waals surface area (Å²) in [5.74, 6) is 0.286. The summed E-state index contributed by atoms with van der Waals surface area (Å²) in [7, 11) is 0. The van der Waals surface area contributed by atoms with Crippen molar-refractivity contribution in [3.05, 3.63) is 29.8 Å². The second-order valence-corrected chi connectivity index (χ2v) is 6.31. The Balaban J connectivity index is 1.72. The molecule has 1 amide bonds. The van der Waals surface area contributed by atoms with Gasteiger partial charge in [-0.05, 0) is 44.2 Å². The first-order chi connectivity index (χ1) is 10.2. The Morgan fingerprint density at radius 2 is 2.00 bits per heavy atom. The van der Waals surface area contributed by atoms with Crippen LogP contribution < -0.4 is 5.73 Å². The molecule has 0 aromatic heterocycles. The summed E-state index contributed by atoms with van der Waals surface area (Å²) in [6, 6.07) is 8.48. The van der Waals surface area contributed by atoms with Crippen LogP contribution in [-0.4, -0.2) is 40.9 Å². The average molecular weight is 287 g/mol. The van der Waals surface area contributed by atoms with E-state index in [9.17, 15) is 4.79 Å². The maximum atomic E-state index is 12.6. The van der Waals surface area contributed by atoms with Crippen molar-refractivity contribution in [3.63, 3.8) is 0 Å². The summed E-state index contributed by atoms with van der Waals surface area (Å²) in [5.41, 5.74) is 8.02. The molecule has 0 bridgehead atoms. The molecule has 1 aromatic carbocycles. The predicted molar refractivity (Wildman–Crippen MR) is 84.7 cm³/mol. The monoisotopic (exact) mass is 287 g/mol. The van der Waals surface area contributed by atoms with Crippen LogP contribution in [0.3, 0.4) is 0 Å². The van der Waals surface area contributed by atoms with Gasteiger partial charge in [-0.2, -0.15) is 0 Å². The molecule has 2 N–H and O–H groups in total. The molecule has 4 heteroatoms. The Kier molecular flexibility index (Phi) is 4.15. The minimum Gasteiger partial charge on any atom is -0.398 e. The van der Waals surface area contributed by atoms with Gasteiger partial charge < -0.3 is 10.6 Å². The minimum absolute atomic E-state index is 0.0461. The standard InChI is InChI=1S/C17H25N3O/c1-13(17(21)19-10-4-5-11-19)20(15-8-9-15)12-14-6-2-3-7-16(14)18/h2-3,6-7,13,15H,4-5,8-12,18H2,1H3. The number of rotatable bonds is 5. The fraction of sp³-hybridized carbons (Fsp3) is 0.588. The van der Waals surface area contributed by atoms with E-state index in [2.05, 4.69) is 17.9 Å². The zero-order valence-corrected chi connectivity index (χ0v) is 12.8. The van der Waals surface area contributed by atoms with E-state index in [1.807, 2.05) is 23.1 Å². The number of likely N-dealkylation sites (tertiary alicyclic amines) is 1. The van der Waals surface area contributed by atoms with Crippen LogP contribution in [0.2, 0.25) is 0 Å². The lowest BCUT2D eigenvalue weighted by Gasteiger charge is -2.31. The second-order valence-electron chi connectivity index (χ2n) is 6.31. The number of hydrogen-bond acceptors (Lipinski definition) is 3. The number of nitrogens with two attached hydrogens (primary N) is 1. The first-order valence-corrected chi connectivity index (χ1v) is 8.04. The van der Waals surface area contributed by atoms with Gasteiger partial charge in [-0.1, -0.05) is 18.2 Å². The maximum Gasteiger partial charge on any atom is 0.239 e. The molecule has 1 aromatic rings. The topological polar surface area (TPSA) is 49.6 Å². The van der Waals surface area contributed by atoms with Gasteiger partial charge in [0.25, 0.3) is 0 Å².